The van der Waals surface area contributed by atoms with E-state index < -0.39 is 60.3 Å². The molecule has 0 radical (unpaired) electrons. The maximum atomic E-state index is 12.9. The fourth-order valence-corrected chi connectivity index (χ4v) is 3.78. The van der Waals surface area contributed by atoms with Gasteiger partial charge in [0.25, 0.3) is 5.91 Å². The zero-order valence-corrected chi connectivity index (χ0v) is 16.7. The first-order valence-electron chi connectivity index (χ1n) is 9.35. The topological polar surface area (TPSA) is 84.5 Å². The average molecular weight is 433 g/mol. The van der Waals surface area contributed by atoms with E-state index in [2.05, 4.69) is 10.1 Å². The lowest BCUT2D eigenvalue weighted by Gasteiger charge is -2.36. The average Bonchev–Trinajstić information content (AvgIpc) is 3.08. The van der Waals surface area contributed by atoms with Crippen molar-refractivity contribution in [3.05, 3.63) is 24.3 Å². The van der Waals surface area contributed by atoms with E-state index in [-0.39, 0.29) is 5.69 Å². The van der Waals surface area contributed by atoms with Gasteiger partial charge in [-0.15, -0.1) is 13.2 Å². The number of nitrogens with one attached hydrogen (secondary N) is 1. The van der Waals surface area contributed by atoms with Gasteiger partial charge in [-0.3, -0.25) is 4.79 Å². The minimum absolute atomic E-state index is 0.263. The molecule has 3 saturated heterocycles. The summed E-state index contributed by atoms with van der Waals surface area (Å²) in [5.74, 6) is -2.83. The van der Waals surface area contributed by atoms with Gasteiger partial charge in [-0.05, 0) is 52.0 Å². The molecule has 3 fully saturated rings. The number of rotatable bonds is 3. The Hall–Kier alpha value is -1.92. The molecular formula is C19H22F3NO7. The molecule has 1 amide bonds. The van der Waals surface area contributed by atoms with Gasteiger partial charge in [0.15, 0.2) is 24.0 Å². The van der Waals surface area contributed by atoms with Crippen molar-refractivity contribution >= 4 is 11.6 Å². The summed E-state index contributed by atoms with van der Waals surface area (Å²) >= 11 is 0. The van der Waals surface area contributed by atoms with Crippen molar-refractivity contribution in [3.63, 3.8) is 0 Å². The Morgan fingerprint density at radius 3 is 2.13 bits per heavy atom. The molecule has 1 aromatic rings. The van der Waals surface area contributed by atoms with E-state index in [0.717, 1.165) is 12.1 Å². The highest BCUT2D eigenvalue weighted by Crippen LogP contribution is 2.44. The van der Waals surface area contributed by atoms with Gasteiger partial charge in [-0.1, -0.05) is 0 Å². The third kappa shape index (κ3) is 4.40. The van der Waals surface area contributed by atoms with Crippen LogP contribution in [-0.4, -0.2) is 54.5 Å². The molecule has 30 heavy (non-hydrogen) atoms. The smallest absolute Gasteiger partial charge is 0.406 e. The molecule has 0 saturated carbocycles. The fraction of sp³-hybridized carbons (Fsp3) is 0.632. The molecule has 4 rings (SSSR count). The minimum Gasteiger partial charge on any atom is -0.406 e. The van der Waals surface area contributed by atoms with Crippen LogP contribution in [0.25, 0.3) is 0 Å². The van der Waals surface area contributed by atoms with Gasteiger partial charge in [0.1, 0.15) is 24.1 Å². The van der Waals surface area contributed by atoms with Crippen LogP contribution in [0.2, 0.25) is 0 Å². The summed E-state index contributed by atoms with van der Waals surface area (Å²) < 4.78 is 70.0. The normalized spacial score (nSPS) is 34.2. The lowest BCUT2D eigenvalue weighted by molar-refractivity contribution is -0.274. The number of alkyl halides is 3. The number of carbonyl (C=O) groups excluding carboxylic acids is 1. The zero-order valence-electron chi connectivity index (χ0n) is 16.7. The quantitative estimate of drug-likeness (QED) is 0.785. The molecule has 3 heterocycles. The monoisotopic (exact) mass is 433 g/mol. The first-order valence-corrected chi connectivity index (χ1v) is 9.35. The molecule has 0 aromatic heterocycles. The van der Waals surface area contributed by atoms with Gasteiger partial charge in [0.2, 0.25) is 0 Å². The number of halogens is 3. The Labute approximate surface area is 170 Å². The van der Waals surface area contributed by atoms with Crippen LogP contribution in [0.15, 0.2) is 24.3 Å². The molecule has 3 aliphatic rings. The molecule has 5 unspecified atom stereocenters. The first kappa shape index (κ1) is 21.3. The molecule has 0 bridgehead atoms. The van der Waals surface area contributed by atoms with Gasteiger partial charge in [0, 0.05) is 5.69 Å². The molecule has 11 heteroatoms. The SMILES string of the molecule is CC1(C)OC2OC(C(=O)Nc3ccc(OC(F)(F)F)cc3)C3OC(C)(C)OC3C2O1. The van der Waals surface area contributed by atoms with Crippen molar-refractivity contribution < 1.29 is 46.4 Å². The predicted octanol–water partition coefficient (Wildman–Crippen LogP) is 2.92. The van der Waals surface area contributed by atoms with Crippen LogP contribution < -0.4 is 10.1 Å². The van der Waals surface area contributed by atoms with Crippen LogP contribution in [-0.2, 0) is 28.5 Å². The molecule has 1 N–H and O–H groups in total. The molecule has 166 valence electrons. The molecule has 0 spiro atoms. The van der Waals surface area contributed by atoms with Crippen LogP contribution in [0.3, 0.4) is 0 Å². The summed E-state index contributed by atoms with van der Waals surface area (Å²) in [4.78, 5) is 12.9. The van der Waals surface area contributed by atoms with Crippen molar-refractivity contribution in [2.45, 2.75) is 76.3 Å². The predicted molar refractivity (Wildman–Crippen MR) is 94.3 cm³/mol. The van der Waals surface area contributed by atoms with E-state index in [1.807, 2.05) is 0 Å². The number of hydrogen-bond donors (Lipinski definition) is 1. The van der Waals surface area contributed by atoms with E-state index in [0.29, 0.717) is 0 Å². The van der Waals surface area contributed by atoms with Crippen LogP contribution in [0.5, 0.6) is 5.75 Å². The molecule has 3 aliphatic heterocycles. The lowest BCUT2D eigenvalue weighted by Crippen LogP contribution is -2.58. The zero-order chi connectivity index (χ0) is 21.9. The van der Waals surface area contributed by atoms with E-state index >= 15 is 0 Å². The standard InChI is InChI=1S/C19H22F3NO7/c1-17(2)27-11-12(28-17)14-16(30-18(3,4)29-14)25-13(11)15(24)23-9-5-7-10(8-6-9)26-19(20,21)22/h5-8,11-14,16H,1-4H3,(H,23,24). The van der Waals surface area contributed by atoms with Crippen molar-refractivity contribution in [3.8, 4) is 5.75 Å². The Morgan fingerprint density at radius 1 is 0.933 bits per heavy atom. The third-order valence-corrected chi connectivity index (χ3v) is 4.77. The van der Waals surface area contributed by atoms with Crippen molar-refractivity contribution in [2.75, 3.05) is 5.32 Å². The second kappa shape index (κ2) is 7.06. The molecule has 5 atom stereocenters. The lowest BCUT2D eigenvalue weighted by atomic mass is 9.98. The summed E-state index contributed by atoms with van der Waals surface area (Å²) in [5, 5.41) is 2.61. The largest absolute Gasteiger partial charge is 0.573 e. The number of fused-ring (bicyclic) bond motifs is 3. The maximum Gasteiger partial charge on any atom is 0.573 e. The third-order valence-electron chi connectivity index (χ3n) is 4.77. The molecule has 8 nitrogen and oxygen atoms in total. The Bertz CT molecular complexity index is 811. The van der Waals surface area contributed by atoms with Crippen LogP contribution in [0, 0.1) is 0 Å². The van der Waals surface area contributed by atoms with Gasteiger partial charge in [0.05, 0.1) is 0 Å². The Kier molecular flexibility index (Phi) is 5.02. The van der Waals surface area contributed by atoms with E-state index in [1.165, 1.54) is 12.1 Å². The second-order valence-corrected chi connectivity index (χ2v) is 8.15. The minimum atomic E-state index is -4.80. The number of anilines is 1. The van der Waals surface area contributed by atoms with Crippen LogP contribution in [0.4, 0.5) is 18.9 Å². The van der Waals surface area contributed by atoms with Crippen LogP contribution in [0.1, 0.15) is 27.7 Å². The summed E-state index contributed by atoms with van der Waals surface area (Å²) in [6.07, 6.45) is -8.64. The molecular weight excluding hydrogens is 411 g/mol. The first-order chi connectivity index (χ1) is 13.8. The van der Waals surface area contributed by atoms with Crippen molar-refractivity contribution in [1.82, 2.24) is 0 Å². The maximum absolute atomic E-state index is 12.9. The summed E-state index contributed by atoms with van der Waals surface area (Å²) in [5.41, 5.74) is 0.263. The van der Waals surface area contributed by atoms with E-state index in [9.17, 15) is 18.0 Å². The van der Waals surface area contributed by atoms with Gasteiger partial charge >= 0.3 is 6.36 Å². The summed E-state index contributed by atoms with van der Waals surface area (Å²) in [6, 6.07) is 4.77. The van der Waals surface area contributed by atoms with Crippen molar-refractivity contribution in [2.24, 2.45) is 0 Å². The second-order valence-electron chi connectivity index (χ2n) is 8.15. The summed E-state index contributed by atoms with van der Waals surface area (Å²) in [6.45, 7) is 6.89. The van der Waals surface area contributed by atoms with E-state index in [4.69, 9.17) is 23.7 Å². The fourth-order valence-electron chi connectivity index (χ4n) is 3.78. The highest BCUT2D eigenvalue weighted by molar-refractivity contribution is 5.94. The Balaban J connectivity index is 1.49. The highest BCUT2D eigenvalue weighted by atomic mass is 19.4. The van der Waals surface area contributed by atoms with E-state index in [1.54, 1.807) is 27.7 Å². The number of carbonyl (C=O) groups is 1. The van der Waals surface area contributed by atoms with Crippen molar-refractivity contribution in [1.29, 1.82) is 0 Å². The van der Waals surface area contributed by atoms with Gasteiger partial charge in [-0.2, -0.15) is 0 Å². The number of ether oxygens (including phenoxy) is 6. The van der Waals surface area contributed by atoms with Crippen LogP contribution >= 0.6 is 0 Å². The Morgan fingerprint density at radius 2 is 1.50 bits per heavy atom. The molecule has 0 aliphatic carbocycles. The highest BCUT2D eigenvalue weighted by Gasteiger charge is 2.62. The summed E-state index contributed by atoms with van der Waals surface area (Å²) in [7, 11) is 0. The molecule has 1 aromatic carbocycles. The van der Waals surface area contributed by atoms with Gasteiger partial charge in [-0.25, -0.2) is 0 Å². The number of hydrogen-bond acceptors (Lipinski definition) is 7. The number of benzene rings is 1. The van der Waals surface area contributed by atoms with Gasteiger partial charge < -0.3 is 33.7 Å². The number of amides is 1.